The minimum atomic E-state index is -4.62. The Morgan fingerprint density at radius 1 is 1.03 bits per heavy atom. The molecule has 11 heteroatoms. The molecule has 1 aliphatic heterocycles. The summed E-state index contributed by atoms with van der Waals surface area (Å²) < 4.78 is 82.0. The van der Waals surface area contributed by atoms with Crippen molar-refractivity contribution in [2.24, 2.45) is 0 Å². The van der Waals surface area contributed by atoms with Gasteiger partial charge in [0, 0.05) is 30.5 Å². The molecular weight excluding hydrogens is 452 g/mol. The first-order chi connectivity index (χ1) is 15.5. The molecule has 0 unspecified atom stereocenters. The number of aromatic nitrogens is 2. The third-order valence-electron chi connectivity index (χ3n) is 5.22. The zero-order valence-corrected chi connectivity index (χ0v) is 16.9. The van der Waals surface area contributed by atoms with Crippen molar-refractivity contribution in [2.75, 3.05) is 6.54 Å². The van der Waals surface area contributed by atoms with Gasteiger partial charge in [-0.05, 0) is 42.3 Å². The molecule has 0 fully saturated rings. The van der Waals surface area contributed by atoms with E-state index in [1.165, 1.54) is 17.0 Å². The summed E-state index contributed by atoms with van der Waals surface area (Å²) in [4.78, 5) is 19.5. The fourth-order valence-corrected chi connectivity index (χ4v) is 3.59. The van der Waals surface area contributed by atoms with Crippen LogP contribution in [0.1, 0.15) is 28.2 Å². The molecule has 4 rings (SSSR count). The normalized spacial score (nSPS) is 14.2. The van der Waals surface area contributed by atoms with E-state index in [1.807, 2.05) is 0 Å². The summed E-state index contributed by atoms with van der Waals surface area (Å²) in [5.74, 6) is -0.788. The second-order valence-corrected chi connectivity index (χ2v) is 7.51. The molecule has 1 aromatic heterocycles. The van der Waals surface area contributed by atoms with Crippen LogP contribution in [0.25, 0.3) is 0 Å². The van der Waals surface area contributed by atoms with Gasteiger partial charge in [-0.15, -0.1) is 0 Å². The highest BCUT2D eigenvalue weighted by Gasteiger charge is 2.35. The number of halogens is 6. The smallest absolute Gasteiger partial charge is 0.449 e. The van der Waals surface area contributed by atoms with Gasteiger partial charge in [-0.2, -0.15) is 26.3 Å². The highest BCUT2D eigenvalue weighted by molar-refractivity contribution is 5.78. The van der Waals surface area contributed by atoms with Crippen molar-refractivity contribution in [1.29, 1.82) is 0 Å². The van der Waals surface area contributed by atoms with Crippen LogP contribution >= 0.6 is 0 Å². The lowest BCUT2D eigenvalue weighted by molar-refractivity contribution is -0.144. The van der Waals surface area contributed by atoms with Crippen molar-refractivity contribution in [3.8, 4) is 11.5 Å². The number of fused-ring (bicyclic) bond motifs is 1. The Kier molecular flexibility index (Phi) is 5.81. The van der Waals surface area contributed by atoms with Crippen molar-refractivity contribution in [1.82, 2.24) is 14.9 Å². The van der Waals surface area contributed by atoms with Gasteiger partial charge in [0.15, 0.2) is 0 Å². The molecule has 0 bridgehead atoms. The number of nitrogens with zero attached hydrogens (tertiary/aromatic N) is 2. The first kappa shape index (κ1) is 22.7. The number of aromatic amines is 1. The van der Waals surface area contributed by atoms with Gasteiger partial charge in [-0.1, -0.05) is 12.1 Å². The number of carbonyl (C=O) groups is 1. The fourth-order valence-electron chi connectivity index (χ4n) is 3.59. The van der Waals surface area contributed by atoms with Gasteiger partial charge < -0.3 is 14.6 Å². The lowest BCUT2D eigenvalue weighted by Gasteiger charge is -2.30. The molecule has 174 valence electrons. The predicted octanol–water partition coefficient (Wildman–Crippen LogP) is 5.37. The summed E-state index contributed by atoms with van der Waals surface area (Å²) >= 11 is 0. The van der Waals surface area contributed by atoms with Crippen molar-refractivity contribution < 1.29 is 35.9 Å². The molecule has 1 aliphatic rings. The molecule has 0 radical (unpaired) electrons. The van der Waals surface area contributed by atoms with E-state index in [9.17, 15) is 31.1 Å². The topological polar surface area (TPSA) is 58.2 Å². The summed E-state index contributed by atoms with van der Waals surface area (Å²) in [6.45, 7) is 0.554. The van der Waals surface area contributed by atoms with E-state index in [4.69, 9.17) is 4.74 Å². The van der Waals surface area contributed by atoms with Crippen LogP contribution in [0.15, 0.2) is 48.7 Å². The minimum absolute atomic E-state index is 0.0671. The summed E-state index contributed by atoms with van der Waals surface area (Å²) in [5.41, 5.74) is 0.901. The standard InChI is InChI=1S/C22H17F6N3O2/c23-21(24,25)14-4-6-16(7-5-14)33-18-3-1-2-13-12-31(9-8-17(13)18)19(32)10-15-11-29-20(30-15)22(26,27)28/h1-7,11H,8-10,12H2,(H,29,30). The fraction of sp³-hybridized carbons (Fsp3) is 0.273. The van der Waals surface area contributed by atoms with Gasteiger partial charge in [-0.25, -0.2) is 4.98 Å². The zero-order valence-electron chi connectivity index (χ0n) is 16.9. The number of hydrogen-bond acceptors (Lipinski definition) is 3. The Hall–Kier alpha value is -3.50. The van der Waals surface area contributed by atoms with Gasteiger partial charge in [0.05, 0.1) is 12.0 Å². The van der Waals surface area contributed by atoms with E-state index >= 15 is 0 Å². The van der Waals surface area contributed by atoms with Crippen LogP contribution in [-0.4, -0.2) is 27.3 Å². The van der Waals surface area contributed by atoms with Gasteiger partial charge in [-0.3, -0.25) is 4.79 Å². The van der Waals surface area contributed by atoms with Gasteiger partial charge in [0.25, 0.3) is 0 Å². The highest BCUT2D eigenvalue weighted by Crippen LogP contribution is 2.34. The first-order valence-electron chi connectivity index (χ1n) is 9.85. The molecule has 2 heterocycles. The second kappa shape index (κ2) is 8.45. The van der Waals surface area contributed by atoms with E-state index in [1.54, 1.807) is 18.2 Å². The molecule has 3 aromatic rings. The molecule has 1 amide bonds. The average molecular weight is 469 g/mol. The van der Waals surface area contributed by atoms with Crippen LogP contribution in [0.3, 0.4) is 0 Å². The van der Waals surface area contributed by atoms with Crippen molar-refractivity contribution >= 4 is 5.91 Å². The largest absolute Gasteiger partial charge is 0.457 e. The van der Waals surface area contributed by atoms with E-state index in [2.05, 4.69) is 9.97 Å². The number of amides is 1. The summed E-state index contributed by atoms with van der Waals surface area (Å²) in [6.07, 6.45) is -7.89. The number of nitrogens with one attached hydrogen (secondary N) is 1. The van der Waals surface area contributed by atoms with Crippen molar-refractivity contribution in [3.63, 3.8) is 0 Å². The third kappa shape index (κ3) is 5.12. The Morgan fingerprint density at radius 3 is 2.39 bits per heavy atom. The zero-order chi connectivity index (χ0) is 23.8. The van der Waals surface area contributed by atoms with Gasteiger partial charge in [0.1, 0.15) is 11.5 Å². The molecule has 0 spiro atoms. The lowest BCUT2D eigenvalue weighted by atomic mass is 9.98. The summed E-state index contributed by atoms with van der Waals surface area (Å²) in [5, 5.41) is 0. The quantitative estimate of drug-likeness (QED) is 0.523. The number of alkyl halides is 6. The molecular formula is C22H17F6N3O2. The number of H-pyrrole nitrogens is 1. The Bertz CT molecular complexity index is 1150. The monoisotopic (exact) mass is 469 g/mol. The predicted molar refractivity (Wildman–Crippen MR) is 104 cm³/mol. The molecule has 33 heavy (non-hydrogen) atoms. The third-order valence-corrected chi connectivity index (χ3v) is 5.22. The van der Waals surface area contributed by atoms with Crippen molar-refractivity contribution in [2.45, 2.75) is 31.7 Å². The number of benzene rings is 2. The number of rotatable bonds is 4. The molecule has 0 saturated heterocycles. The van der Waals surface area contributed by atoms with E-state index in [0.717, 1.165) is 29.5 Å². The summed E-state index contributed by atoms with van der Waals surface area (Å²) in [6, 6.07) is 9.54. The summed E-state index contributed by atoms with van der Waals surface area (Å²) in [7, 11) is 0. The molecule has 5 nitrogen and oxygen atoms in total. The SMILES string of the molecule is O=C(Cc1cnc(C(F)(F)F)[nH]1)N1CCc2c(cccc2Oc2ccc(C(F)(F)F)cc2)C1. The van der Waals surface area contributed by atoms with Crippen molar-refractivity contribution in [3.05, 3.63) is 76.9 Å². The Labute approximate surface area is 184 Å². The van der Waals surface area contributed by atoms with Crippen LogP contribution in [0.5, 0.6) is 11.5 Å². The van der Waals surface area contributed by atoms with Crippen LogP contribution in [-0.2, 0) is 36.5 Å². The number of ether oxygens (including phenoxy) is 1. The second-order valence-electron chi connectivity index (χ2n) is 7.51. The van der Waals surface area contributed by atoms with E-state index in [0.29, 0.717) is 18.7 Å². The Morgan fingerprint density at radius 2 is 1.76 bits per heavy atom. The van der Waals surface area contributed by atoms with Gasteiger partial charge >= 0.3 is 12.4 Å². The highest BCUT2D eigenvalue weighted by atomic mass is 19.4. The average Bonchev–Trinajstić information content (AvgIpc) is 3.22. The van der Waals surface area contributed by atoms with Crippen LogP contribution in [0.2, 0.25) is 0 Å². The van der Waals surface area contributed by atoms with Gasteiger partial charge in [0.2, 0.25) is 11.7 Å². The minimum Gasteiger partial charge on any atom is -0.457 e. The lowest BCUT2D eigenvalue weighted by Crippen LogP contribution is -2.37. The molecule has 1 N–H and O–H groups in total. The maximum Gasteiger partial charge on any atom is 0.449 e. The number of imidazole rings is 1. The van der Waals surface area contributed by atoms with E-state index in [-0.39, 0.29) is 30.3 Å². The number of hydrogen-bond donors (Lipinski definition) is 1. The molecule has 0 atom stereocenters. The Balaban J connectivity index is 1.44. The van der Waals surface area contributed by atoms with Crippen LogP contribution < -0.4 is 4.74 Å². The molecule has 0 aliphatic carbocycles. The first-order valence-corrected chi connectivity index (χ1v) is 9.85. The van der Waals surface area contributed by atoms with Crippen LogP contribution in [0, 0.1) is 0 Å². The van der Waals surface area contributed by atoms with E-state index < -0.39 is 23.7 Å². The molecule has 0 saturated carbocycles. The maximum absolute atomic E-state index is 12.7. The van der Waals surface area contributed by atoms with Crippen LogP contribution in [0.4, 0.5) is 26.3 Å². The molecule has 2 aromatic carbocycles. The number of carbonyl (C=O) groups excluding carboxylic acids is 1. The maximum atomic E-state index is 12.7.